The summed E-state index contributed by atoms with van der Waals surface area (Å²) in [6.07, 6.45) is 0.967. The molecule has 3 aromatic carbocycles. The van der Waals surface area contributed by atoms with E-state index in [1.807, 2.05) is 54.6 Å². The third kappa shape index (κ3) is 4.42. The Labute approximate surface area is 228 Å². The number of rotatable bonds is 6. The predicted molar refractivity (Wildman–Crippen MR) is 144 cm³/mol. The Bertz CT molecular complexity index is 1690. The summed E-state index contributed by atoms with van der Waals surface area (Å²) in [5.41, 5.74) is 2.69. The van der Waals surface area contributed by atoms with Gasteiger partial charge >= 0.3 is 6.09 Å². The third-order valence-electron chi connectivity index (χ3n) is 6.98. The second-order valence-corrected chi connectivity index (χ2v) is 9.83. The predicted octanol–water partition coefficient (Wildman–Crippen LogP) is 6.60. The molecule has 0 aliphatic carbocycles. The van der Waals surface area contributed by atoms with Crippen LogP contribution >= 0.6 is 11.6 Å². The average Bonchev–Trinajstić information content (AvgIpc) is 3.48. The maximum absolute atomic E-state index is 14.1. The molecule has 3 heterocycles. The Hall–Kier alpha value is -4.56. The number of imidazole rings is 1. The van der Waals surface area contributed by atoms with E-state index in [2.05, 4.69) is 9.97 Å². The summed E-state index contributed by atoms with van der Waals surface area (Å²) in [6.45, 7) is 1.70. The highest BCUT2D eigenvalue weighted by molar-refractivity contribution is 6.29. The molecule has 39 heavy (non-hydrogen) atoms. The quantitative estimate of drug-likeness (QED) is 0.245. The Balaban J connectivity index is 1.43. The summed E-state index contributed by atoms with van der Waals surface area (Å²) in [5, 5.41) is 0.396. The number of imide groups is 1. The fourth-order valence-electron chi connectivity index (χ4n) is 4.90. The molecule has 0 radical (unpaired) electrons. The number of ether oxygens (including phenoxy) is 1. The minimum absolute atomic E-state index is 0.0822. The number of nitrogens with one attached hydrogen (secondary N) is 1. The van der Waals surface area contributed by atoms with Gasteiger partial charge in [-0.3, -0.25) is 4.79 Å². The highest BCUT2D eigenvalue weighted by Gasteiger charge is 2.58. The number of carbonyl (C=O) groups excluding carboxylic acids is 2. The molecule has 1 unspecified atom stereocenters. The number of aromatic nitrogens is 3. The first-order valence-electron chi connectivity index (χ1n) is 12.3. The van der Waals surface area contributed by atoms with E-state index in [0.717, 1.165) is 21.6 Å². The van der Waals surface area contributed by atoms with Crippen LogP contribution in [0.25, 0.3) is 22.2 Å². The topological polar surface area (TPSA) is 88.2 Å². The molecule has 2 atom stereocenters. The van der Waals surface area contributed by atoms with Crippen molar-refractivity contribution in [3.63, 3.8) is 0 Å². The molecule has 1 N–H and O–H groups in total. The number of cyclic esters (lactones) is 1. The zero-order chi connectivity index (χ0) is 27.1. The fourth-order valence-corrected chi connectivity index (χ4v) is 5.01. The highest BCUT2D eigenvalue weighted by atomic mass is 35.5. The van der Waals surface area contributed by atoms with Crippen molar-refractivity contribution in [2.45, 2.75) is 25.0 Å². The van der Waals surface area contributed by atoms with Crippen LogP contribution in [0.1, 0.15) is 29.9 Å². The van der Waals surface area contributed by atoms with E-state index in [1.54, 1.807) is 31.3 Å². The average molecular weight is 541 g/mol. The number of amides is 2. The van der Waals surface area contributed by atoms with Crippen molar-refractivity contribution in [2.75, 3.05) is 0 Å². The molecule has 1 fully saturated rings. The second kappa shape index (κ2) is 9.63. The maximum atomic E-state index is 14.1. The molecule has 1 saturated heterocycles. The number of hydrogen-bond acceptors (Lipinski definition) is 5. The van der Waals surface area contributed by atoms with Crippen molar-refractivity contribution in [2.24, 2.45) is 0 Å². The zero-order valence-electron chi connectivity index (χ0n) is 20.8. The van der Waals surface area contributed by atoms with Gasteiger partial charge in [0.05, 0.1) is 17.1 Å². The number of halogens is 2. The van der Waals surface area contributed by atoms with Gasteiger partial charge in [0.2, 0.25) is 0 Å². The Morgan fingerprint density at radius 1 is 1.00 bits per heavy atom. The van der Waals surface area contributed by atoms with Gasteiger partial charge in [0.1, 0.15) is 11.0 Å². The molecule has 9 heteroatoms. The molecule has 0 spiro atoms. The van der Waals surface area contributed by atoms with Gasteiger partial charge in [-0.05, 0) is 60.0 Å². The van der Waals surface area contributed by atoms with Crippen LogP contribution in [-0.4, -0.2) is 31.9 Å². The largest absolute Gasteiger partial charge is 0.424 e. The minimum Gasteiger partial charge on any atom is -0.424 e. The van der Waals surface area contributed by atoms with Gasteiger partial charge in [-0.2, -0.15) is 0 Å². The Kier molecular flexibility index (Phi) is 6.12. The van der Waals surface area contributed by atoms with Crippen LogP contribution in [0.2, 0.25) is 5.15 Å². The van der Waals surface area contributed by atoms with Gasteiger partial charge in [-0.25, -0.2) is 24.1 Å². The molecule has 7 nitrogen and oxygen atoms in total. The number of nitrogens with zero attached hydrogens (tertiary/aromatic N) is 3. The van der Waals surface area contributed by atoms with E-state index in [4.69, 9.17) is 21.3 Å². The molecule has 6 rings (SSSR count). The van der Waals surface area contributed by atoms with Crippen LogP contribution in [0.3, 0.4) is 0 Å². The van der Waals surface area contributed by atoms with E-state index < -0.39 is 29.5 Å². The molecule has 194 valence electrons. The Morgan fingerprint density at radius 2 is 1.74 bits per heavy atom. The molecular weight excluding hydrogens is 519 g/mol. The summed E-state index contributed by atoms with van der Waals surface area (Å²) in [4.78, 5) is 40.6. The summed E-state index contributed by atoms with van der Waals surface area (Å²) in [7, 11) is 0. The number of aromatic amines is 1. The van der Waals surface area contributed by atoms with E-state index in [0.29, 0.717) is 21.7 Å². The number of H-pyrrole nitrogens is 1. The second-order valence-electron chi connectivity index (χ2n) is 9.45. The smallest absolute Gasteiger partial charge is 0.418 e. The molecule has 1 aliphatic heterocycles. The van der Waals surface area contributed by atoms with Crippen LogP contribution in [0.4, 0.5) is 9.18 Å². The summed E-state index contributed by atoms with van der Waals surface area (Å²) in [6, 6.07) is 23.5. The number of fused-ring (bicyclic) bond motifs is 1. The van der Waals surface area contributed by atoms with Gasteiger partial charge in [0, 0.05) is 18.2 Å². The monoisotopic (exact) mass is 540 g/mol. The molecule has 0 bridgehead atoms. The number of pyridine rings is 1. The van der Waals surface area contributed by atoms with E-state index in [9.17, 15) is 14.0 Å². The lowest BCUT2D eigenvalue weighted by molar-refractivity contribution is -0.139. The highest BCUT2D eigenvalue weighted by Crippen LogP contribution is 2.41. The third-order valence-corrected chi connectivity index (χ3v) is 7.21. The SMILES string of the molecule is C[C@H](c1ccc(F)cc1)N1C(=O)OC(Cc2ccccc2)(c2nc3ccc(-c4ccc(Cl)nc4)cc3[nH]2)C1=O. The van der Waals surface area contributed by atoms with Crippen molar-refractivity contribution >= 4 is 34.6 Å². The first kappa shape index (κ1) is 24.8. The van der Waals surface area contributed by atoms with E-state index in [-0.39, 0.29) is 12.2 Å². The standard InChI is InChI=1S/C30H22ClFN4O3/c1-18(20-7-11-23(32)12-8-20)36-28(37)30(39-29(36)38,16-19-5-3-2-4-6-19)27-34-24-13-9-21(15-25(24)35-27)22-10-14-26(31)33-17-22/h2-15,17-18H,16H2,1H3,(H,34,35)/t18-,30?/m1/s1. The van der Waals surface area contributed by atoms with E-state index >= 15 is 0 Å². The first-order valence-corrected chi connectivity index (χ1v) is 12.7. The Morgan fingerprint density at radius 3 is 2.46 bits per heavy atom. The van der Waals surface area contributed by atoms with Crippen LogP contribution in [-0.2, 0) is 21.6 Å². The zero-order valence-corrected chi connectivity index (χ0v) is 21.5. The van der Waals surface area contributed by atoms with Crippen molar-refractivity contribution in [1.29, 1.82) is 0 Å². The van der Waals surface area contributed by atoms with Gasteiger partial charge < -0.3 is 9.72 Å². The molecule has 2 aromatic heterocycles. The van der Waals surface area contributed by atoms with Crippen LogP contribution in [0.15, 0.2) is 91.1 Å². The maximum Gasteiger partial charge on any atom is 0.418 e. The normalized spacial score (nSPS) is 18.0. The molecular formula is C30H22ClFN4O3. The number of carbonyl (C=O) groups is 2. The summed E-state index contributed by atoms with van der Waals surface area (Å²) >= 11 is 5.94. The number of hydrogen-bond donors (Lipinski definition) is 1. The van der Waals surface area contributed by atoms with E-state index in [1.165, 1.54) is 12.1 Å². The lowest BCUT2D eigenvalue weighted by Crippen LogP contribution is -2.42. The molecule has 2 amide bonds. The van der Waals surface area contributed by atoms with Gasteiger partial charge in [0.15, 0.2) is 5.82 Å². The van der Waals surface area contributed by atoms with Gasteiger partial charge in [-0.15, -0.1) is 0 Å². The van der Waals surface area contributed by atoms with Gasteiger partial charge in [-0.1, -0.05) is 60.1 Å². The van der Waals surface area contributed by atoms with Crippen molar-refractivity contribution in [1.82, 2.24) is 19.9 Å². The van der Waals surface area contributed by atoms with Crippen molar-refractivity contribution in [3.05, 3.63) is 119 Å². The first-order chi connectivity index (χ1) is 18.8. The van der Waals surface area contributed by atoms with Gasteiger partial charge in [0.25, 0.3) is 11.5 Å². The lowest BCUT2D eigenvalue weighted by Gasteiger charge is -2.25. The van der Waals surface area contributed by atoms with Crippen molar-refractivity contribution in [3.8, 4) is 11.1 Å². The number of benzene rings is 3. The van der Waals surface area contributed by atoms with Crippen LogP contribution in [0, 0.1) is 5.82 Å². The summed E-state index contributed by atoms with van der Waals surface area (Å²) in [5.74, 6) is -0.732. The summed E-state index contributed by atoms with van der Waals surface area (Å²) < 4.78 is 19.5. The van der Waals surface area contributed by atoms with Crippen molar-refractivity contribution < 1.29 is 18.7 Å². The molecule has 0 saturated carbocycles. The fraction of sp³-hybridized carbons (Fsp3) is 0.133. The van der Waals surface area contributed by atoms with Crippen LogP contribution in [0.5, 0.6) is 0 Å². The molecule has 1 aliphatic rings. The molecule has 5 aromatic rings. The van der Waals surface area contributed by atoms with Crippen LogP contribution < -0.4 is 0 Å². The minimum atomic E-state index is -1.71. The lowest BCUT2D eigenvalue weighted by atomic mass is 9.92.